The van der Waals surface area contributed by atoms with Crippen LogP contribution in [0.3, 0.4) is 0 Å². The van der Waals surface area contributed by atoms with Crippen LogP contribution in [0.5, 0.6) is 11.5 Å². The van der Waals surface area contributed by atoms with Crippen LogP contribution in [0.1, 0.15) is 46.1 Å². The number of hydrogen-bond donors (Lipinski definition) is 1. The molecule has 3 heterocycles. The Morgan fingerprint density at radius 3 is 2.46 bits per heavy atom. The lowest BCUT2D eigenvalue weighted by Gasteiger charge is -2.62. The minimum atomic E-state index is -0.000300. The molecular weight excluding hydrogens is 354 g/mol. The van der Waals surface area contributed by atoms with E-state index in [0.717, 1.165) is 56.6 Å². The van der Waals surface area contributed by atoms with Gasteiger partial charge in [0.25, 0.3) is 0 Å². The fourth-order valence-electron chi connectivity index (χ4n) is 4.50. The Kier molecular flexibility index (Phi) is 4.73. The first-order chi connectivity index (χ1) is 13.3. The van der Waals surface area contributed by atoms with Crippen LogP contribution in [-0.4, -0.2) is 56.5 Å². The van der Waals surface area contributed by atoms with E-state index in [2.05, 4.69) is 55.0 Å². The van der Waals surface area contributed by atoms with Crippen molar-refractivity contribution in [2.45, 2.75) is 51.5 Å². The third-order valence-electron chi connectivity index (χ3n) is 7.37. The van der Waals surface area contributed by atoms with Gasteiger partial charge in [0.1, 0.15) is 0 Å². The molecule has 0 aliphatic carbocycles. The van der Waals surface area contributed by atoms with Crippen molar-refractivity contribution in [1.29, 1.82) is 0 Å². The van der Waals surface area contributed by atoms with Crippen LogP contribution in [-0.2, 0) is 10.2 Å². The number of guanidine groups is 1. The third-order valence-corrected chi connectivity index (χ3v) is 7.37. The number of aliphatic imine (C=N–C) groups is 1. The standard InChI is InChI=1S/C22H33N3O3/c1-20(2)14-25(21(20,3)4)19(23-5)24-13-22(8-10-26-11-9-22)16-6-7-17-18(12-16)28-15-27-17/h6-7,12H,8-11,13-15H2,1-5H3,(H,23,24). The van der Waals surface area contributed by atoms with Gasteiger partial charge in [-0.05, 0) is 44.4 Å². The first kappa shape index (κ1) is 19.4. The van der Waals surface area contributed by atoms with Crippen LogP contribution in [0.25, 0.3) is 0 Å². The van der Waals surface area contributed by atoms with E-state index in [9.17, 15) is 0 Å². The zero-order valence-electron chi connectivity index (χ0n) is 17.8. The van der Waals surface area contributed by atoms with Gasteiger partial charge in [-0.15, -0.1) is 0 Å². The predicted molar refractivity (Wildman–Crippen MR) is 110 cm³/mol. The smallest absolute Gasteiger partial charge is 0.231 e. The summed E-state index contributed by atoms with van der Waals surface area (Å²) in [6.45, 7) is 12.9. The van der Waals surface area contributed by atoms with Gasteiger partial charge in [0, 0.05) is 49.7 Å². The molecule has 0 radical (unpaired) electrons. The summed E-state index contributed by atoms with van der Waals surface area (Å²) >= 11 is 0. The lowest BCUT2D eigenvalue weighted by Crippen LogP contribution is -2.72. The average molecular weight is 388 g/mol. The molecule has 3 aliphatic heterocycles. The van der Waals surface area contributed by atoms with Gasteiger partial charge in [0.05, 0.1) is 0 Å². The van der Waals surface area contributed by atoms with Crippen molar-refractivity contribution in [1.82, 2.24) is 10.2 Å². The summed E-state index contributed by atoms with van der Waals surface area (Å²) in [5.74, 6) is 2.66. The average Bonchev–Trinajstić information content (AvgIpc) is 3.16. The molecule has 2 fully saturated rings. The van der Waals surface area contributed by atoms with Gasteiger partial charge in [0.2, 0.25) is 6.79 Å². The highest BCUT2D eigenvalue weighted by Gasteiger charge is 2.54. The van der Waals surface area contributed by atoms with Crippen molar-refractivity contribution in [3.05, 3.63) is 23.8 Å². The van der Waals surface area contributed by atoms with E-state index >= 15 is 0 Å². The Hall–Kier alpha value is -1.95. The Morgan fingerprint density at radius 2 is 1.82 bits per heavy atom. The molecule has 4 rings (SSSR count). The molecule has 154 valence electrons. The van der Waals surface area contributed by atoms with E-state index in [-0.39, 0.29) is 16.4 Å². The van der Waals surface area contributed by atoms with E-state index < -0.39 is 0 Å². The number of nitrogens with zero attached hydrogens (tertiary/aromatic N) is 2. The highest BCUT2D eigenvalue weighted by Crippen LogP contribution is 2.46. The van der Waals surface area contributed by atoms with Crippen molar-refractivity contribution < 1.29 is 14.2 Å². The molecule has 1 aromatic carbocycles. The summed E-state index contributed by atoms with van der Waals surface area (Å²) < 4.78 is 16.8. The SMILES string of the molecule is CN=C(NCC1(c2ccc3c(c2)OCO3)CCOCC1)N1CC(C)(C)C1(C)C. The quantitative estimate of drug-likeness (QED) is 0.638. The van der Waals surface area contributed by atoms with Crippen molar-refractivity contribution in [3.63, 3.8) is 0 Å². The maximum Gasteiger partial charge on any atom is 0.231 e. The van der Waals surface area contributed by atoms with Crippen LogP contribution in [0.15, 0.2) is 23.2 Å². The molecular formula is C22H33N3O3. The van der Waals surface area contributed by atoms with Crippen LogP contribution in [0.2, 0.25) is 0 Å². The largest absolute Gasteiger partial charge is 0.454 e. The van der Waals surface area contributed by atoms with Gasteiger partial charge in [-0.2, -0.15) is 0 Å². The van der Waals surface area contributed by atoms with Crippen molar-refractivity contribution >= 4 is 5.96 Å². The van der Waals surface area contributed by atoms with Gasteiger partial charge in [-0.25, -0.2) is 0 Å². The number of benzene rings is 1. The molecule has 0 spiro atoms. The molecule has 6 heteroatoms. The van der Waals surface area contributed by atoms with Crippen molar-refractivity contribution in [2.24, 2.45) is 10.4 Å². The molecule has 0 saturated carbocycles. The first-order valence-electron chi connectivity index (χ1n) is 10.3. The molecule has 0 atom stereocenters. The number of fused-ring (bicyclic) bond motifs is 1. The summed E-state index contributed by atoms with van der Waals surface area (Å²) in [4.78, 5) is 6.98. The Labute approximate surface area is 168 Å². The van der Waals surface area contributed by atoms with Crippen LogP contribution < -0.4 is 14.8 Å². The van der Waals surface area contributed by atoms with Gasteiger partial charge < -0.3 is 24.4 Å². The molecule has 28 heavy (non-hydrogen) atoms. The van der Waals surface area contributed by atoms with Gasteiger partial charge in [-0.3, -0.25) is 4.99 Å². The van der Waals surface area contributed by atoms with Crippen molar-refractivity contribution in [3.8, 4) is 11.5 Å². The topological polar surface area (TPSA) is 55.3 Å². The first-order valence-corrected chi connectivity index (χ1v) is 10.3. The zero-order chi connectivity index (χ0) is 20.0. The second-order valence-corrected chi connectivity index (χ2v) is 9.39. The molecule has 1 aromatic rings. The number of nitrogens with one attached hydrogen (secondary N) is 1. The molecule has 2 saturated heterocycles. The highest BCUT2D eigenvalue weighted by atomic mass is 16.7. The Bertz CT molecular complexity index is 766. The van der Waals surface area contributed by atoms with Crippen molar-refractivity contribution in [2.75, 3.05) is 40.1 Å². The van der Waals surface area contributed by atoms with Crippen LogP contribution in [0, 0.1) is 5.41 Å². The zero-order valence-corrected chi connectivity index (χ0v) is 17.8. The second-order valence-electron chi connectivity index (χ2n) is 9.39. The normalized spacial score (nSPS) is 24.6. The Morgan fingerprint density at radius 1 is 1.11 bits per heavy atom. The molecule has 0 amide bonds. The summed E-state index contributed by atoms with van der Waals surface area (Å²) in [5, 5.41) is 3.69. The summed E-state index contributed by atoms with van der Waals surface area (Å²) in [6.07, 6.45) is 1.96. The monoisotopic (exact) mass is 387 g/mol. The summed E-state index contributed by atoms with van der Waals surface area (Å²) in [5.41, 5.74) is 1.64. The van der Waals surface area contributed by atoms with E-state index in [0.29, 0.717) is 6.79 Å². The maximum atomic E-state index is 5.69. The molecule has 6 nitrogen and oxygen atoms in total. The van der Waals surface area contributed by atoms with Crippen LogP contribution in [0.4, 0.5) is 0 Å². The van der Waals surface area contributed by atoms with E-state index in [1.807, 2.05) is 13.1 Å². The van der Waals surface area contributed by atoms with E-state index in [1.165, 1.54) is 5.56 Å². The molecule has 3 aliphatic rings. The minimum absolute atomic E-state index is 0.000300. The van der Waals surface area contributed by atoms with Gasteiger partial charge >= 0.3 is 0 Å². The molecule has 1 N–H and O–H groups in total. The Balaban J connectivity index is 1.54. The fraction of sp³-hybridized carbons (Fsp3) is 0.682. The predicted octanol–water partition coefficient (Wildman–Crippen LogP) is 3.16. The number of likely N-dealkylation sites (tertiary alicyclic amines) is 1. The van der Waals surface area contributed by atoms with E-state index in [1.54, 1.807) is 0 Å². The van der Waals surface area contributed by atoms with Crippen LogP contribution >= 0.6 is 0 Å². The highest BCUT2D eigenvalue weighted by molar-refractivity contribution is 5.82. The van der Waals surface area contributed by atoms with E-state index in [4.69, 9.17) is 14.2 Å². The number of ether oxygens (including phenoxy) is 3. The van der Waals surface area contributed by atoms with Gasteiger partial charge in [-0.1, -0.05) is 19.9 Å². The number of hydrogen-bond acceptors (Lipinski definition) is 4. The fourth-order valence-corrected chi connectivity index (χ4v) is 4.50. The minimum Gasteiger partial charge on any atom is -0.454 e. The molecule has 0 unspecified atom stereocenters. The maximum absolute atomic E-state index is 5.69. The molecule has 0 bridgehead atoms. The molecule has 0 aromatic heterocycles. The summed E-state index contributed by atoms with van der Waals surface area (Å²) in [7, 11) is 1.88. The second kappa shape index (κ2) is 6.83. The third kappa shape index (κ3) is 3.02. The number of rotatable bonds is 3. The summed E-state index contributed by atoms with van der Waals surface area (Å²) in [6, 6.07) is 6.36. The lowest BCUT2D eigenvalue weighted by atomic mass is 9.65. The lowest BCUT2D eigenvalue weighted by molar-refractivity contribution is -0.0671. The van der Waals surface area contributed by atoms with Gasteiger partial charge in [0.15, 0.2) is 17.5 Å².